The minimum atomic E-state index is 0.258. The summed E-state index contributed by atoms with van der Waals surface area (Å²) in [4.78, 5) is 4.55. The van der Waals surface area contributed by atoms with E-state index in [9.17, 15) is 5.11 Å². The lowest BCUT2D eigenvalue weighted by Crippen LogP contribution is -1.83. The summed E-state index contributed by atoms with van der Waals surface area (Å²) in [6.45, 7) is 0. The lowest BCUT2D eigenvalue weighted by Gasteiger charge is -2.00. The molecule has 1 N–H and O–H groups in total. The Balaban J connectivity index is 1.93. The van der Waals surface area contributed by atoms with Gasteiger partial charge in [-0.05, 0) is 48.0 Å². The van der Waals surface area contributed by atoms with Gasteiger partial charge in [-0.15, -0.1) is 0 Å². The molecule has 0 saturated heterocycles. The quantitative estimate of drug-likeness (QED) is 0.734. The summed E-state index contributed by atoms with van der Waals surface area (Å²) in [5.74, 6) is 0.258. The van der Waals surface area contributed by atoms with E-state index in [4.69, 9.17) is 11.6 Å². The van der Waals surface area contributed by atoms with Crippen LogP contribution in [0.5, 0.6) is 5.75 Å². The van der Waals surface area contributed by atoms with Gasteiger partial charge in [0.2, 0.25) is 0 Å². The van der Waals surface area contributed by atoms with Crippen molar-refractivity contribution in [1.82, 2.24) is 4.98 Å². The second-order valence-corrected chi connectivity index (χ2v) is 4.94. The molecule has 0 aliphatic rings. The number of phenolic OH excluding ortho intramolecular Hbond substituents is 1. The SMILES string of the molecule is Oc1cccc(/C=C/c2ccc3cc(Cl)ccc3n2)c1. The topological polar surface area (TPSA) is 33.1 Å². The normalized spacial score (nSPS) is 11.2. The highest BCUT2D eigenvalue weighted by molar-refractivity contribution is 6.31. The molecule has 0 saturated carbocycles. The maximum Gasteiger partial charge on any atom is 0.116 e. The number of aromatic nitrogens is 1. The van der Waals surface area contributed by atoms with Crippen molar-refractivity contribution < 1.29 is 5.11 Å². The number of rotatable bonds is 2. The number of aromatic hydroxyl groups is 1. The molecule has 3 rings (SSSR count). The Kier molecular flexibility index (Phi) is 3.40. The number of hydrogen-bond acceptors (Lipinski definition) is 2. The predicted molar refractivity (Wildman–Crippen MR) is 83.8 cm³/mol. The Hall–Kier alpha value is -2.32. The predicted octanol–water partition coefficient (Wildman–Crippen LogP) is 4.76. The van der Waals surface area contributed by atoms with Crippen molar-refractivity contribution in [3.8, 4) is 5.75 Å². The molecule has 0 radical (unpaired) electrons. The first-order valence-corrected chi connectivity index (χ1v) is 6.62. The van der Waals surface area contributed by atoms with Gasteiger partial charge in [-0.3, -0.25) is 0 Å². The number of halogens is 1. The number of hydrogen-bond donors (Lipinski definition) is 1. The molecule has 20 heavy (non-hydrogen) atoms. The zero-order chi connectivity index (χ0) is 13.9. The van der Waals surface area contributed by atoms with Gasteiger partial charge in [0.05, 0.1) is 11.2 Å². The maximum atomic E-state index is 9.42. The Morgan fingerprint density at radius 1 is 0.950 bits per heavy atom. The molecule has 1 heterocycles. The molecule has 0 spiro atoms. The highest BCUT2D eigenvalue weighted by Crippen LogP contribution is 2.19. The largest absolute Gasteiger partial charge is 0.508 e. The molecule has 0 atom stereocenters. The first kappa shape index (κ1) is 12.7. The van der Waals surface area contributed by atoms with E-state index >= 15 is 0 Å². The van der Waals surface area contributed by atoms with Crippen molar-refractivity contribution >= 4 is 34.7 Å². The Labute approximate surface area is 122 Å². The molecule has 98 valence electrons. The van der Waals surface area contributed by atoms with Crippen LogP contribution in [0.4, 0.5) is 0 Å². The van der Waals surface area contributed by atoms with Crippen molar-refractivity contribution in [1.29, 1.82) is 0 Å². The van der Waals surface area contributed by atoms with E-state index in [1.54, 1.807) is 12.1 Å². The standard InChI is InChI=1S/C17H12ClNO/c18-14-6-9-17-13(11-14)5-8-15(19-17)7-4-12-2-1-3-16(20)10-12/h1-11,20H/b7-4+. The second kappa shape index (κ2) is 5.35. The second-order valence-electron chi connectivity index (χ2n) is 4.50. The van der Waals surface area contributed by atoms with Gasteiger partial charge in [0.1, 0.15) is 5.75 Å². The summed E-state index contributed by atoms with van der Waals surface area (Å²) >= 11 is 5.95. The van der Waals surface area contributed by atoms with Gasteiger partial charge in [0.15, 0.2) is 0 Å². The molecule has 0 aliphatic carbocycles. The van der Waals surface area contributed by atoms with E-state index in [1.807, 2.05) is 54.6 Å². The highest BCUT2D eigenvalue weighted by Gasteiger charge is 1.97. The van der Waals surface area contributed by atoms with E-state index in [1.165, 1.54) is 0 Å². The first-order chi connectivity index (χ1) is 9.70. The molecular weight excluding hydrogens is 270 g/mol. The molecule has 0 fully saturated rings. The summed E-state index contributed by atoms with van der Waals surface area (Å²) in [5, 5.41) is 11.1. The van der Waals surface area contributed by atoms with Crippen molar-refractivity contribution in [2.75, 3.05) is 0 Å². The van der Waals surface area contributed by atoms with Crippen LogP contribution in [0.2, 0.25) is 5.02 Å². The number of fused-ring (bicyclic) bond motifs is 1. The van der Waals surface area contributed by atoms with Gasteiger partial charge in [-0.25, -0.2) is 4.98 Å². The van der Waals surface area contributed by atoms with Crippen molar-refractivity contribution in [2.45, 2.75) is 0 Å². The van der Waals surface area contributed by atoms with Crippen LogP contribution in [0.15, 0.2) is 54.6 Å². The fourth-order valence-corrected chi connectivity index (χ4v) is 2.20. The minimum absolute atomic E-state index is 0.258. The van der Waals surface area contributed by atoms with Crippen LogP contribution in [-0.4, -0.2) is 10.1 Å². The molecule has 2 nitrogen and oxygen atoms in total. The van der Waals surface area contributed by atoms with Crippen LogP contribution in [0.25, 0.3) is 23.1 Å². The Bertz CT molecular complexity index is 796. The molecule has 1 aromatic heterocycles. The fourth-order valence-electron chi connectivity index (χ4n) is 2.02. The smallest absolute Gasteiger partial charge is 0.116 e. The van der Waals surface area contributed by atoms with Crippen LogP contribution in [0, 0.1) is 0 Å². The first-order valence-electron chi connectivity index (χ1n) is 6.24. The van der Waals surface area contributed by atoms with Crippen LogP contribution < -0.4 is 0 Å². The number of nitrogens with zero attached hydrogens (tertiary/aromatic N) is 1. The van der Waals surface area contributed by atoms with Crippen molar-refractivity contribution in [3.63, 3.8) is 0 Å². The van der Waals surface area contributed by atoms with Gasteiger partial charge in [0.25, 0.3) is 0 Å². The lowest BCUT2D eigenvalue weighted by molar-refractivity contribution is 0.475. The van der Waals surface area contributed by atoms with Gasteiger partial charge < -0.3 is 5.11 Å². The van der Waals surface area contributed by atoms with Gasteiger partial charge in [-0.1, -0.05) is 35.9 Å². The highest BCUT2D eigenvalue weighted by atomic mass is 35.5. The third kappa shape index (κ3) is 2.81. The number of phenols is 1. The van der Waals surface area contributed by atoms with E-state index in [0.29, 0.717) is 5.02 Å². The van der Waals surface area contributed by atoms with E-state index < -0.39 is 0 Å². The molecular formula is C17H12ClNO. The van der Waals surface area contributed by atoms with Crippen LogP contribution in [-0.2, 0) is 0 Å². The molecule has 3 heteroatoms. The van der Waals surface area contributed by atoms with E-state index in [-0.39, 0.29) is 5.75 Å². The molecule has 0 aliphatic heterocycles. The summed E-state index contributed by atoms with van der Waals surface area (Å²) < 4.78 is 0. The van der Waals surface area contributed by atoms with Gasteiger partial charge >= 0.3 is 0 Å². The van der Waals surface area contributed by atoms with Crippen LogP contribution >= 0.6 is 11.6 Å². The molecule has 3 aromatic rings. The third-order valence-corrected chi connectivity index (χ3v) is 3.22. The summed E-state index contributed by atoms with van der Waals surface area (Å²) in [5.41, 5.74) is 2.71. The third-order valence-electron chi connectivity index (χ3n) is 2.99. The zero-order valence-corrected chi connectivity index (χ0v) is 11.4. The van der Waals surface area contributed by atoms with Crippen LogP contribution in [0.3, 0.4) is 0 Å². The average Bonchev–Trinajstić information content (AvgIpc) is 2.45. The maximum absolute atomic E-state index is 9.42. The summed E-state index contributed by atoms with van der Waals surface area (Å²) in [6, 6.07) is 16.7. The fraction of sp³-hybridized carbons (Fsp3) is 0. The molecule has 2 aromatic carbocycles. The van der Waals surface area contributed by atoms with Gasteiger partial charge in [0, 0.05) is 10.4 Å². The average molecular weight is 282 g/mol. The van der Waals surface area contributed by atoms with Gasteiger partial charge in [-0.2, -0.15) is 0 Å². The monoisotopic (exact) mass is 281 g/mol. The number of benzene rings is 2. The number of pyridine rings is 1. The summed E-state index contributed by atoms with van der Waals surface area (Å²) in [7, 11) is 0. The lowest BCUT2D eigenvalue weighted by atomic mass is 10.1. The van der Waals surface area contributed by atoms with Crippen molar-refractivity contribution in [3.05, 3.63) is 70.9 Å². The molecule has 0 bridgehead atoms. The van der Waals surface area contributed by atoms with E-state index in [2.05, 4.69) is 4.98 Å². The van der Waals surface area contributed by atoms with Crippen molar-refractivity contribution in [2.24, 2.45) is 0 Å². The molecule has 0 amide bonds. The van der Waals surface area contributed by atoms with E-state index in [0.717, 1.165) is 22.2 Å². The Morgan fingerprint density at radius 3 is 2.70 bits per heavy atom. The molecule has 0 unspecified atom stereocenters. The summed E-state index contributed by atoms with van der Waals surface area (Å²) in [6.07, 6.45) is 3.84. The van der Waals surface area contributed by atoms with Crippen LogP contribution in [0.1, 0.15) is 11.3 Å². The minimum Gasteiger partial charge on any atom is -0.508 e. The Morgan fingerprint density at radius 2 is 1.85 bits per heavy atom. The zero-order valence-electron chi connectivity index (χ0n) is 10.6.